The van der Waals surface area contributed by atoms with Crippen LogP contribution >= 0.6 is 11.3 Å². The Hall–Kier alpha value is -3.45. The van der Waals surface area contributed by atoms with Gasteiger partial charge in [-0.3, -0.25) is 0 Å². The molecule has 4 rings (SSSR count). The summed E-state index contributed by atoms with van der Waals surface area (Å²) >= 11 is 1.45. The molecule has 4 aromatic rings. The summed E-state index contributed by atoms with van der Waals surface area (Å²) in [4.78, 5) is 12.9. The molecule has 6 nitrogen and oxygen atoms in total. The maximum atomic E-state index is 7.76. The lowest BCUT2D eigenvalue weighted by molar-refractivity contribution is 0.398. The molecule has 3 aromatic heterocycles. The average molecular weight is 393 g/mol. The monoisotopic (exact) mass is 393 g/mol. The van der Waals surface area contributed by atoms with E-state index < -0.39 is 0 Å². The summed E-state index contributed by atoms with van der Waals surface area (Å²) in [5, 5.41) is 1.77. The van der Waals surface area contributed by atoms with Gasteiger partial charge in [-0.05, 0) is 35.9 Å². The first kappa shape index (κ1) is 17.9. The van der Waals surface area contributed by atoms with Crippen LogP contribution in [0.5, 0.6) is 11.6 Å². The lowest BCUT2D eigenvalue weighted by Gasteiger charge is -2.06. The van der Waals surface area contributed by atoms with Crippen LogP contribution in [0.2, 0.25) is 0 Å². The van der Waals surface area contributed by atoms with Gasteiger partial charge in [0.25, 0.3) is 0 Å². The number of nitrogen functional groups attached to an aromatic ring is 1. The zero-order valence-electron chi connectivity index (χ0n) is 16.5. The van der Waals surface area contributed by atoms with E-state index >= 15 is 0 Å². The van der Waals surface area contributed by atoms with Crippen molar-refractivity contribution < 1.29 is 10.8 Å². The second-order valence-electron chi connectivity index (χ2n) is 5.53. The summed E-state index contributed by atoms with van der Waals surface area (Å²) in [7, 11) is 3.22. The van der Waals surface area contributed by atoms with Gasteiger partial charge < -0.3 is 15.2 Å². The van der Waals surface area contributed by atoms with Gasteiger partial charge in [0.15, 0.2) is 0 Å². The first-order chi connectivity index (χ1) is 14.1. The Kier molecular flexibility index (Phi) is 6.07. The van der Waals surface area contributed by atoms with Crippen molar-refractivity contribution in [2.24, 2.45) is 0 Å². The number of methoxy groups -OCH3 is 2. The predicted octanol–water partition coefficient (Wildman–Crippen LogP) is 4.55. The third-order valence-corrected chi connectivity index (χ3v) is 4.68. The van der Waals surface area contributed by atoms with E-state index in [9.17, 15) is 0 Å². The molecule has 3 heterocycles. The number of hydrogen-bond donors (Lipinski definition) is 1. The summed E-state index contributed by atoms with van der Waals surface area (Å²) in [6, 6.07) is 13.6. The van der Waals surface area contributed by atoms with Crippen LogP contribution in [0, 0.1) is 0 Å². The molecule has 2 N–H and O–H groups in total. The van der Waals surface area contributed by atoms with Crippen molar-refractivity contribution in [1.82, 2.24) is 15.0 Å². The molecule has 28 heavy (non-hydrogen) atoms. The number of aromatic nitrogens is 3. The summed E-state index contributed by atoms with van der Waals surface area (Å²) in [6.45, 7) is 0. The topological polar surface area (TPSA) is 83.2 Å². The summed E-state index contributed by atoms with van der Waals surface area (Å²) in [5.74, 6) is 1.37. The fourth-order valence-electron chi connectivity index (χ4n) is 2.42. The highest BCUT2D eigenvalue weighted by atomic mass is 32.1. The van der Waals surface area contributed by atoms with Crippen molar-refractivity contribution >= 4 is 17.0 Å². The first-order valence-corrected chi connectivity index (χ1v) is 9.25. The van der Waals surface area contributed by atoms with Crippen molar-refractivity contribution in [3.8, 4) is 33.3 Å². The molecule has 0 spiro atoms. The molecule has 0 amide bonds. The van der Waals surface area contributed by atoms with Gasteiger partial charge in [-0.15, -0.1) is 11.3 Å². The van der Waals surface area contributed by atoms with Crippen LogP contribution in [0.4, 0.5) is 5.69 Å². The number of thiophene rings is 1. The second kappa shape index (κ2) is 9.48. The lowest BCUT2D eigenvalue weighted by atomic mass is 10.1. The molecule has 142 valence electrons. The number of pyridine rings is 1. The zero-order valence-corrected chi connectivity index (χ0v) is 16.3. The van der Waals surface area contributed by atoms with Crippen LogP contribution in [0.3, 0.4) is 0 Å². The number of ether oxygens (including phenoxy) is 2. The molecule has 0 unspecified atom stereocenters. The van der Waals surface area contributed by atoms with Gasteiger partial charge in [-0.2, -0.15) is 0 Å². The van der Waals surface area contributed by atoms with Crippen molar-refractivity contribution in [3.63, 3.8) is 0 Å². The van der Waals surface area contributed by atoms with Gasteiger partial charge in [-0.1, -0.05) is 12.1 Å². The van der Waals surface area contributed by atoms with Crippen LogP contribution in [-0.2, 0) is 0 Å². The van der Waals surface area contributed by atoms with Gasteiger partial charge in [0, 0.05) is 40.0 Å². The van der Waals surface area contributed by atoms with Gasteiger partial charge >= 0.3 is 0 Å². The fraction of sp³-hybridized carbons (Fsp3) is 0.0952. The van der Waals surface area contributed by atoms with Gasteiger partial charge in [0.1, 0.15) is 12.1 Å². The maximum Gasteiger partial charge on any atom is 0.213 e. The second-order valence-corrected chi connectivity index (χ2v) is 6.41. The van der Waals surface area contributed by atoms with E-state index in [1.165, 1.54) is 17.7 Å². The first-order valence-electron chi connectivity index (χ1n) is 8.87. The fourth-order valence-corrected chi connectivity index (χ4v) is 3.16. The molecule has 7 heteroatoms. The van der Waals surface area contributed by atoms with Crippen LogP contribution in [0.15, 0.2) is 72.6 Å². The van der Waals surface area contributed by atoms with Crippen molar-refractivity contribution in [2.45, 2.75) is 0 Å². The van der Waals surface area contributed by atoms with Crippen LogP contribution in [0.1, 0.15) is 1.37 Å². The Morgan fingerprint density at radius 1 is 1.04 bits per heavy atom. The van der Waals surface area contributed by atoms with Gasteiger partial charge in [0.2, 0.25) is 5.88 Å². The molecular formula is C21H20N4O2S. The Bertz CT molecular complexity index is 1070. The molecule has 0 aliphatic carbocycles. The lowest BCUT2D eigenvalue weighted by Crippen LogP contribution is -1.89. The molecule has 0 atom stereocenters. The average Bonchev–Trinajstić information content (AvgIpc) is 3.13. The standard InChI is InChI=1S/C11H10N2O.C10H10N2OS/c1-14-11-5-3-2-4-9(11)10-6-7-12-8-13-10;1-13-10-4-7(2-3-12-10)9-5-8(11)6-14-9/h2-8H,1H3;2-6H,11H2,1H3/i;5D. The van der Waals surface area contributed by atoms with Gasteiger partial charge in [-0.25, -0.2) is 15.0 Å². The largest absolute Gasteiger partial charge is 0.496 e. The smallest absolute Gasteiger partial charge is 0.213 e. The van der Waals surface area contributed by atoms with Crippen molar-refractivity contribution in [2.75, 3.05) is 20.0 Å². The van der Waals surface area contributed by atoms with E-state index in [1.807, 2.05) is 36.4 Å². The normalized spacial score (nSPS) is 10.4. The van der Waals surface area contributed by atoms with E-state index in [-0.39, 0.29) is 0 Å². The Morgan fingerprint density at radius 2 is 1.89 bits per heavy atom. The highest BCUT2D eigenvalue weighted by Crippen LogP contribution is 2.29. The molecule has 0 saturated carbocycles. The van der Waals surface area contributed by atoms with E-state index in [2.05, 4.69) is 15.0 Å². The van der Waals surface area contributed by atoms with Crippen LogP contribution < -0.4 is 15.2 Å². The predicted molar refractivity (Wildman–Crippen MR) is 113 cm³/mol. The van der Waals surface area contributed by atoms with E-state index in [0.29, 0.717) is 17.6 Å². The Morgan fingerprint density at radius 3 is 2.57 bits per heavy atom. The van der Waals surface area contributed by atoms with E-state index in [1.54, 1.807) is 38.1 Å². The number of rotatable bonds is 4. The molecule has 0 radical (unpaired) electrons. The maximum absolute atomic E-state index is 7.76. The quantitative estimate of drug-likeness (QED) is 0.547. The molecule has 0 saturated heterocycles. The minimum Gasteiger partial charge on any atom is -0.496 e. The molecular weight excluding hydrogens is 372 g/mol. The number of benzene rings is 1. The minimum atomic E-state index is 0.369. The van der Waals surface area contributed by atoms with E-state index in [0.717, 1.165) is 27.4 Å². The number of nitrogens with zero attached hydrogens (tertiary/aromatic N) is 3. The van der Waals surface area contributed by atoms with E-state index in [4.69, 9.17) is 16.6 Å². The molecule has 0 aliphatic heterocycles. The van der Waals surface area contributed by atoms with Crippen LogP contribution in [0.25, 0.3) is 21.7 Å². The number of anilines is 1. The highest BCUT2D eigenvalue weighted by Gasteiger charge is 2.04. The zero-order chi connectivity index (χ0) is 20.6. The third kappa shape index (κ3) is 4.83. The molecule has 1 aromatic carbocycles. The highest BCUT2D eigenvalue weighted by molar-refractivity contribution is 7.14. The van der Waals surface area contributed by atoms with Gasteiger partial charge in [0.05, 0.1) is 21.3 Å². The third-order valence-electron chi connectivity index (χ3n) is 3.73. The molecule has 0 fully saturated rings. The number of nitrogens with two attached hydrogens (primary N) is 1. The molecule has 0 bridgehead atoms. The van der Waals surface area contributed by atoms with Crippen molar-refractivity contribution in [3.05, 3.63) is 72.6 Å². The number of para-hydroxylation sites is 1. The summed E-state index contributed by atoms with van der Waals surface area (Å²) in [5.41, 5.74) is 8.90. The minimum absolute atomic E-state index is 0.369. The van der Waals surface area contributed by atoms with Crippen molar-refractivity contribution in [1.29, 1.82) is 0 Å². The SMILES string of the molecule is COc1ccccc1-c1ccncn1.[2H]c1c(N)csc1-c1ccnc(OC)c1. The number of hydrogen-bond acceptors (Lipinski definition) is 7. The molecule has 0 aliphatic rings. The van der Waals surface area contributed by atoms with Crippen LogP contribution in [-0.4, -0.2) is 29.2 Å². The Labute approximate surface area is 169 Å². The summed E-state index contributed by atoms with van der Waals surface area (Å²) in [6.07, 6.45) is 4.90. The summed E-state index contributed by atoms with van der Waals surface area (Å²) < 4.78 is 18.0. The Balaban J connectivity index is 0.000000166.